The Morgan fingerprint density at radius 3 is 1.96 bits per heavy atom. The molecule has 0 aromatic heterocycles. The van der Waals surface area contributed by atoms with Crippen molar-refractivity contribution in [1.29, 1.82) is 0 Å². The van der Waals surface area contributed by atoms with Crippen LogP contribution in [0.5, 0.6) is 0 Å². The lowest BCUT2D eigenvalue weighted by atomic mass is 10.1. The number of rotatable bonds is 13. The molecule has 0 saturated carbocycles. The van der Waals surface area contributed by atoms with Crippen LogP contribution >= 0.6 is 11.8 Å². The molecule has 0 rings (SSSR count). The lowest BCUT2D eigenvalue weighted by Gasteiger charge is -2.25. The van der Waals surface area contributed by atoms with E-state index in [2.05, 4.69) is 16.0 Å². The predicted molar refractivity (Wildman–Crippen MR) is 100 cm³/mol. The number of hydrogen-bond acceptors (Lipinski definition) is 9. The summed E-state index contributed by atoms with van der Waals surface area (Å²) in [7, 11) is 0. The van der Waals surface area contributed by atoms with Gasteiger partial charge < -0.3 is 42.1 Å². The lowest BCUT2D eigenvalue weighted by molar-refractivity contribution is -0.143. The van der Waals surface area contributed by atoms with Gasteiger partial charge in [-0.1, -0.05) is 0 Å². The summed E-state index contributed by atoms with van der Waals surface area (Å²) in [5.74, 6) is -3.65. The maximum absolute atomic E-state index is 12.3. The summed E-state index contributed by atoms with van der Waals surface area (Å²) in [6.45, 7) is -0.317. The van der Waals surface area contributed by atoms with Gasteiger partial charge in [-0.3, -0.25) is 14.4 Å². The maximum Gasteiger partial charge on any atom is 0.326 e. The molecule has 13 heteroatoms. The highest BCUT2D eigenvalue weighted by molar-refractivity contribution is 7.98. The third-order valence-corrected chi connectivity index (χ3v) is 4.28. The number of aliphatic carboxylic acids is 1. The topological polar surface area (TPSA) is 211 Å². The van der Waals surface area contributed by atoms with Crippen LogP contribution in [0.4, 0.5) is 0 Å². The number of carbonyl (C=O) groups excluding carboxylic acids is 3. The Labute approximate surface area is 166 Å². The van der Waals surface area contributed by atoms with Crippen molar-refractivity contribution in [2.75, 3.05) is 25.2 Å². The zero-order valence-electron chi connectivity index (χ0n) is 15.6. The summed E-state index contributed by atoms with van der Waals surface area (Å²) in [4.78, 5) is 47.4. The smallest absolute Gasteiger partial charge is 0.326 e. The first-order valence-corrected chi connectivity index (χ1v) is 9.76. The quantitative estimate of drug-likeness (QED) is 0.143. The largest absolute Gasteiger partial charge is 0.480 e. The molecule has 28 heavy (non-hydrogen) atoms. The monoisotopic (exact) mass is 424 g/mol. The molecule has 5 atom stereocenters. The lowest BCUT2D eigenvalue weighted by Crippen LogP contribution is -2.60. The number of nitrogens with two attached hydrogens (primary N) is 1. The fourth-order valence-corrected chi connectivity index (χ4v) is 2.44. The molecule has 0 heterocycles. The number of amides is 3. The van der Waals surface area contributed by atoms with Crippen LogP contribution in [0.1, 0.15) is 13.3 Å². The summed E-state index contributed by atoms with van der Waals surface area (Å²) >= 11 is 1.39. The third kappa shape index (κ3) is 8.84. The molecule has 0 radical (unpaired) electrons. The van der Waals surface area contributed by atoms with Crippen LogP contribution in [0.3, 0.4) is 0 Å². The van der Waals surface area contributed by atoms with Gasteiger partial charge in [0.15, 0.2) is 0 Å². The van der Waals surface area contributed by atoms with Gasteiger partial charge in [0.05, 0.1) is 19.3 Å². The molecule has 0 aliphatic carbocycles. The Kier molecular flexibility index (Phi) is 12.4. The molecular weight excluding hydrogens is 396 g/mol. The van der Waals surface area contributed by atoms with Crippen molar-refractivity contribution in [3.8, 4) is 0 Å². The zero-order valence-corrected chi connectivity index (χ0v) is 16.4. The van der Waals surface area contributed by atoms with Gasteiger partial charge in [0.25, 0.3) is 0 Å². The molecular formula is C15H28N4O8S. The maximum atomic E-state index is 12.3. The van der Waals surface area contributed by atoms with Gasteiger partial charge in [-0.2, -0.15) is 11.8 Å². The van der Waals surface area contributed by atoms with Crippen molar-refractivity contribution in [1.82, 2.24) is 16.0 Å². The van der Waals surface area contributed by atoms with Crippen LogP contribution in [0, 0.1) is 0 Å². The minimum absolute atomic E-state index is 0.136. The van der Waals surface area contributed by atoms with Crippen molar-refractivity contribution in [2.24, 2.45) is 5.73 Å². The Bertz CT molecular complexity index is 548. The number of thioether (sulfide) groups is 1. The molecule has 0 saturated heterocycles. The van der Waals surface area contributed by atoms with Gasteiger partial charge in [-0.25, -0.2) is 4.79 Å². The fourth-order valence-electron chi connectivity index (χ4n) is 1.97. The first-order valence-electron chi connectivity index (χ1n) is 8.37. The number of hydrogen-bond donors (Lipinski definition) is 8. The van der Waals surface area contributed by atoms with Crippen LogP contribution in [0.15, 0.2) is 0 Å². The van der Waals surface area contributed by atoms with Crippen LogP contribution in [-0.2, 0) is 19.2 Å². The molecule has 0 aromatic carbocycles. The second kappa shape index (κ2) is 13.3. The zero-order chi connectivity index (χ0) is 21.9. The summed E-state index contributed by atoms with van der Waals surface area (Å²) < 4.78 is 0. The van der Waals surface area contributed by atoms with Gasteiger partial charge in [-0.15, -0.1) is 0 Å². The molecule has 5 unspecified atom stereocenters. The van der Waals surface area contributed by atoms with E-state index in [1.54, 1.807) is 6.26 Å². The van der Waals surface area contributed by atoms with E-state index in [4.69, 9.17) is 15.9 Å². The molecule has 9 N–H and O–H groups in total. The Morgan fingerprint density at radius 1 is 0.964 bits per heavy atom. The number of aliphatic hydroxyl groups excluding tert-OH is 3. The normalized spacial score (nSPS) is 16.2. The van der Waals surface area contributed by atoms with Gasteiger partial charge in [0, 0.05) is 0 Å². The van der Waals surface area contributed by atoms with Gasteiger partial charge >= 0.3 is 5.97 Å². The van der Waals surface area contributed by atoms with Crippen molar-refractivity contribution >= 4 is 35.5 Å². The van der Waals surface area contributed by atoms with E-state index < -0.39 is 67.2 Å². The minimum atomic E-state index is -1.53. The van der Waals surface area contributed by atoms with Crippen LogP contribution in [-0.4, -0.2) is 99.6 Å². The van der Waals surface area contributed by atoms with Crippen LogP contribution in [0.2, 0.25) is 0 Å². The number of carbonyl (C=O) groups is 4. The van der Waals surface area contributed by atoms with E-state index in [0.29, 0.717) is 5.75 Å². The highest BCUT2D eigenvalue weighted by atomic mass is 32.2. The van der Waals surface area contributed by atoms with Crippen LogP contribution < -0.4 is 21.7 Å². The molecule has 3 amide bonds. The molecule has 0 spiro atoms. The second-order valence-corrected chi connectivity index (χ2v) is 6.93. The Hall–Kier alpha value is -1.93. The van der Waals surface area contributed by atoms with E-state index in [-0.39, 0.29) is 6.42 Å². The summed E-state index contributed by atoms with van der Waals surface area (Å²) in [5.41, 5.74) is 5.30. The molecule has 0 fully saturated rings. The van der Waals surface area contributed by atoms with E-state index in [1.165, 1.54) is 18.7 Å². The molecule has 0 aliphatic rings. The van der Waals surface area contributed by atoms with E-state index in [9.17, 15) is 29.4 Å². The van der Waals surface area contributed by atoms with Crippen molar-refractivity contribution in [3.63, 3.8) is 0 Å². The first kappa shape index (κ1) is 26.1. The van der Waals surface area contributed by atoms with E-state index in [0.717, 1.165) is 0 Å². The number of carboxylic acid groups (broad SMARTS) is 1. The predicted octanol–water partition coefficient (Wildman–Crippen LogP) is -4.03. The second-order valence-electron chi connectivity index (χ2n) is 5.94. The number of carboxylic acids is 1. The molecule has 0 aromatic rings. The van der Waals surface area contributed by atoms with E-state index in [1.807, 2.05) is 0 Å². The fraction of sp³-hybridized carbons (Fsp3) is 0.733. The Morgan fingerprint density at radius 2 is 1.54 bits per heavy atom. The molecule has 0 bridgehead atoms. The molecule has 162 valence electrons. The molecule has 12 nitrogen and oxygen atoms in total. The standard InChI is InChI=1S/C15H28N4O8S/c1-7(22)11(14(25)17-9(15(26)27)3-4-28-2)19-13(24)10(6-21)18-12(23)8(16)5-20/h7-11,20-22H,3-6,16H2,1-2H3,(H,17,25)(H,18,23)(H,19,24)(H,26,27). The summed E-state index contributed by atoms with van der Waals surface area (Å²) in [5, 5.41) is 43.5. The minimum Gasteiger partial charge on any atom is -0.480 e. The summed E-state index contributed by atoms with van der Waals surface area (Å²) in [6.07, 6.45) is 0.511. The third-order valence-electron chi connectivity index (χ3n) is 3.64. The van der Waals surface area contributed by atoms with E-state index >= 15 is 0 Å². The first-order chi connectivity index (χ1) is 13.1. The highest BCUT2D eigenvalue weighted by Gasteiger charge is 2.32. The average Bonchev–Trinajstić information content (AvgIpc) is 2.65. The van der Waals surface area contributed by atoms with Gasteiger partial charge in [-0.05, 0) is 25.4 Å². The van der Waals surface area contributed by atoms with Crippen molar-refractivity contribution in [2.45, 2.75) is 43.6 Å². The van der Waals surface area contributed by atoms with Crippen LogP contribution in [0.25, 0.3) is 0 Å². The Balaban J connectivity index is 5.10. The van der Waals surface area contributed by atoms with Gasteiger partial charge in [0.2, 0.25) is 17.7 Å². The number of aliphatic hydroxyl groups is 3. The van der Waals surface area contributed by atoms with Crippen molar-refractivity contribution < 1.29 is 39.6 Å². The highest BCUT2D eigenvalue weighted by Crippen LogP contribution is 2.03. The number of nitrogens with one attached hydrogen (secondary N) is 3. The average molecular weight is 424 g/mol. The SMILES string of the molecule is CSCCC(NC(=O)C(NC(=O)C(CO)NC(=O)C(N)CO)C(C)O)C(=O)O. The van der Waals surface area contributed by atoms with Crippen molar-refractivity contribution in [3.05, 3.63) is 0 Å². The summed E-state index contributed by atoms with van der Waals surface area (Å²) in [6, 6.07) is -5.55. The molecule has 0 aliphatic heterocycles. The van der Waals surface area contributed by atoms with Gasteiger partial charge in [0.1, 0.15) is 24.2 Å².